The molecule has 0 aliphatic heterocycles. The van der Waals surface area contributed by atoms with E-state index in [4.69, 9.17) is 13.6 Å². The number of fused-ring (bicyclic) bond motifs is 1. The van der Waals surface area contributed by atoms with Crippen molar-refractivity contribution in [3.05, 3.63) is 58.7 Å². The first-order valence-corrected chi connectivity index (χ1v) is 23.4. The van der Waals surface area contributed by atoms with Crippen molar-refractivity contribution >= 4 is 22.6 Å². The second-order valence-corrected chi connectivity index (χ2v) is 26.8. The summed E-state index contributed by atoms with van der Waals surface area (Å²) in [6.45, 7) is 36.1. The third kappa shape index (κ3) is 8.91. The van der Waals surface area contributed by atoms with Crippen molar-refractivity contribution in [2.24, 2.45) is 17.8 Å². The van der Waals surface area contributed by atoms with Crippen molar-refractivity contribution in [3.63, 3.8) is 0 Å². The molecule has 0 aromatic heterocycles. The van der Waals surface area contributed by atoms with Crippen LogP contribution < -0.4 is 0 Å². The van der Waals surface area contributed by atoms with Gasteiger partial charge in [0.15, 0.2) is 16.6 Å². The molecular formula is C39H66O4Si2. The first-order chi connectivity index (χ1) is 20.6. The van der Waals surface area contributed by atoms with Gasteiger partial charge in [0.05, 0.1) is 17.8 Å². The van der Waals surface area contributed by atoms with Crippen LogP contribution in [0.5, 0.6) is 0 Å². The van der Waals surface area contributed by atoms with Crippen LogP contribution in [0.4, 0.5) is 0 Å². The minimum atomic E-state index is -2.04. The van der Waals surface area contributed by atoms with Crippen LogP contribution in [-0.4, -0.2) is 40.9 Å². The molecule has 2 aliphatic rings. The number of unbranched alkanes of at least 4 members (excludes halogenated alkanes) is 2. The summed E-state index contributed by atoms with van der Waals surface area (Å²) in [5.41, 5.74) is 4.84. The number of esters is 1. The number of hydrogen-bond acceptors (Lipinski definition) is 4. The smallest absolute Gasteiger partial charge is 0.339 e. The highest BCUT2D eigenvalue weighted by Crippen LogP contribution is 2.54. The van der Waals surface area contributed by atoms with Crippen LogP contribution >= 0.6 is 0 Å². The van der Waals surface area contributed by atoms with Crippen molar-refractivity contribution in [1.29, 1.82) is 0 Å². The second kappa shape index (κ2) is 14.3. The topological polar surface area (TPSA) is 44.8 Å². The Hall–Kier alpha value is -1.48. The summed E-state index contributed by atoms with van der Waals surface area (Å²) in [5, 5.41) is 0.272. The van der Waals surface area contributed by atoms with Crippen LogP contribution in [0, 0.1) is 38.5 Å². The van der Waals surface area contributed by atoms with Crippen LogP contribution in [0.25, 0.3) is 0 Å². The lowest BCUT2D eigenvalue weighted by Gasteiger charge is -2.40. The SMILES string of the molecule is C=C1C[C@@H]2[C@H](/C=C/[C@H](CCCCC)O[Si](C)(C)C(C)(C)C)[C@H](O[Si](C)(C)C(C)(C)C)C[C@@H]2C1OC(=O)c1c(C)cc(C)cc1C. The Labute approximate surface area is 279 Å². The number of benzene rings is 1. The lowest BCUT2D eigenvalue weighted by Crippen LogP contribution is -2.45. The van der Waals surface area contributed by atoms with Crippen molar-refractivity contribution in [2.75, 3.05) is 0 Å². The predicted molar refractivity (Wildman–Crippen MR) is 196 cm³/mol. The van der Waals surface area contributed by atoms with Gasteiger partial charge in [-0.2, -0.15) is 0 Å². The molecule has 0 N–H and O–H groups in total. The largest absolute Gasteiger partial charge is 0.454 e. The molecule has 45 heavy (non-hydrogen) atoms. The van der Waals surface area contributed by atoms with Crippen molar-refractivity contribution in [3.8, 4) is 0 Å². The van der Waals surface area contributed by atoms with E-state index in [1.807, 2.05) is 13.8 Å². The molecule has 0 saturated heterocycles. The molecule has 2 saturated carbocycles. The fourth-order valence-corrected chi connectivity index (χ4v) is 9.58. The average Bonchev–Trinajstić information content (AvgIpc) is 3.34. The van der Waals surface area contributed by atoms with Gasteiger partial charge in [0.2, 0.25) is 0 Å². The monoisotopic (exact) mass is 654 g/mol. The minimum absolute atomic E-state index is 0.0958. The van der Waals surface area contributed by atoms with E-state index in [0.29, 0.717) is 11.5 Å². The number of carbonyl (C=O) groups is 1. The Morgan fingerprint density at radius 3 is 2.07 bits per heavy atom. The van der Waals surface area contributed by atoms with E-state index in [2.05, 4.69) is 112 Å². The highest BCUT2D eigenvalue weighted by atomic mass is 28.4. The first-order valence-electron chi connectivity index (χ1n) is 17.6. The van der Waals surface area contributed by atoms with Gasteiger partial charge in [0.25, 0.3) is 0 Å². The second-order valence-electron chi connectivity index (χ2n) is 17.3. The molecule has 0 amide bonds. The van der Waals surface area contributed by atoms with Gasteiger partial charge in [-0.05, 0) is 98.9 Å². The zero-order chi connectivity index (χ0) is 34.1. The molecule has 2 fully saturated rings. The van der Waals surface area contributed by atoms with E-state index in [0.717, 1.165) is 41.5 Å². The normalized spacial score (nSPS) is 25.2. The lowest BCUT2D eigenvalue weighted by molar-refractivity contribution is 0.0260. The van der Waals surface area contributed by atoms with E-state index >= 15 is 0 Å². The van der Waals surface area contributed by atoms with E-state index < -0.39 is 16.6 Å². The van der Waals surface area contributed by atoms with Crippen molar-refractivity contribution in [2.45, 2.75) is 162 Å². The van der Waals surface area contributed by atoms with Gasteiger partial charge in [-0.15, -0.1) is 0 Å². The molecule has 0 radical (unpaired) electrons. The van der Waals surface area contributed by atoms with Gasteiger partial charge in [-0.1, -0.05) is 104 Å². The molecule has 1 aromatic rings. The van der Waals surface area contributed by atoms with Crippen molar-refractivity contribution in [1.82, 2.24) is 0 Å². The molecule has 1 unspecified atom stereocenters. The van der Waals surface area contributed by atoms with E-state index in [1.54, 1.807) is 0 Å². The van der Waals surface area contributed by atoms with Crippen LogP contribution in [0.15, 0.2) is 36.4 Å². The summed E-state index contributed by atoms with van der Waals surface area (Å²) in [7, 11) is -3.98. The maximum absolute atomic E-state index is 13.7. The number of aryl methyl sites for hydroxylation is 3. The van der Waals surface area contributed by atoms with E-state index in [1.165, 1.54) is 19.3 Å². The Kier molecular flexibility index (Phi) is 12.1. The maximum atomic E-state index is 13.7. The highest BCUT2D eigenvalue weighted by Gasteiger charge is 2.54. The molecule has 0 bridgehead atoms. The van der Waals surface area contributed by atoms with E-state index in [-0.39, 0.29) is 46.2 Å². The fourth-order valence-electron chi connectivity index (χ4n) is 6.91. The first kappa shape index (κ1) is 38.0. The lowest BCUT2D eigenvalue weighted by atomic mass is 9.90. The zero-order valence-electron chi connectivity index (χ0n) is 31.4. The summed E-state index contributed by atoms with van der Waals surface area (Å²) in [4.78, 5) is 13.7. The third-order valence-electron chi connectivity index (χ3n) is 11.5. The molecule has 3 rings (SSSR count). The molecule has 6 heteroatoms. The van der Waals surface area contributed by atoms with Gasteiger partial charge < -0.3 is 13.6 Å². The summed E-state index contributed by atoms with van der Waals surface area (Å²) in [6, 6.07) is 4.14. The maximum Gasteiger partial charge on any atom is 0.339 e. The Balaban J connectivity index is 1.94. The summed E-state index contributed by atoms with van der Waals surface area (Å²) >= 11 is 0. The number of ether oxygens (including phenoxy) is 1. The molecule has 0 spiro atoms. The summed E-state index contributed by atoms with van der Waals surface area (Å²) in [5.74, 6) is 0.558. The van der Waals surface area contributed by atoms with Crippen LogP contribution in [0.3, 0.4) is 0 Å². The van der Waals surface area contributed by atoms with Crippen molar-refractivity contribution < 1.29 is 18.4 Å². The summed E-state index contributed by atoms with van der Waals surface area (Å²) in [6.07, 6.45) is 11.1. The Bertz CT molecular complexity index is 1210. The quantitative estimate of drug-likeness (QED) is 0.0973. The van der Waals surface area contributed by atoms with Crippen LogP contribution in [0.1, 0.15) is 114 Å². The highest BCUT2D eigenvalue weighted by molar-refractivity contribution is 6.74. The molecular weight excluding hydrogens is 589 g/mol. The third-order valence-corrected chi connectivity index (χ3v) is 20.5. The predicted octanol–water partition coefficient (Wildman–Crippen LogP) is 11.3. The van der Waals surface area contributed by atoms with Crippen LogP contribution in [0.2, 0.25) is 36.3 Å². The molecule has 254 valence electrons. The molecule has 2 aliphatic carbocycles. The Morgan fingerprint density at radius 1 is 0.956 bits per heavy atom. The van der Waals surface area contributed by atoms with E-state index in [9.17, 15) is 4.79 Å². The number of rotatable bonds is 12. The Morgan fingerprint density at radius 2 is 1.53 bits per heavy atom. The van der Waals surface area contributed by atoms with Gasteiger partial charge in [0.1, 0.15) is 6.10 Å². The standard InChI is InChI=1S/C39H66O4Si2/c1-16-17-18-19-30(42-44(12,13)38(6,7)8)20-21-31-32-24-29(5)36(33(32)25-34(31)43-45(14,15)39(9,10)11)41-37(40)35-27(3)22-26(2)23-28(35)4/h20-23,30-34,36H,5,16-19,24-25H2,1-4,6-15H3/b21-20+/t30-,31-,32+,33-,34+,36?/m0/s1. The van der Waals surface area contributed by atoms with Gasteiger partial charge in [0, 0.05) is 11.8 Å². The molecule has 6 atom stereocenters. The molecule has 4 nitrogen and oxygen atoms in total. The molecule has 0 heterocycles. The fraction of sp³-hybridized carbons (Fsp3) is 0.718. The minimum Gasteiger partial charge on any atom is -0.454 e. The van der Waals surface area contributed by atoms with Crippen LogP contribution in [-0.2, 0) is 13.6 Å². The van der Waals surface area contributed by atoms with Gasteiger partial charge in [-0.25, -0.2) is 4.79 Å². The molecule has 1 aromatic carbocycles. The average molecular weight is 655 g/mol. The van der Waals surface area contributed by atoms with Gasteiger partial charge >= 0.3 is 5.97 Å². The zero-order valence-corrected chi connectivity index (χ0v) is 33.4. The number of hydrogen-bond donors (Lipinski definition) is 0. The van der Waals surface area contributed by atoms with Gasteiger partial charge in [-0.3, -0.25) is 0 Å². The number of carbonyl (C=O) groups excluding carboxylic acids is 1. The summed E-state index contributed by atoms with van der Waals surface area (Å²) < 4.78 is 20.6.